The van der Waals surface area contributed by atoms with Crippen molar-refractivity contribution in [3.05, 3.63) is 78.4 Å². The maximum atomic E-state index is 13.2. The van der Waals surface area contributed by atoms with Gasteiger partial charge in [-0.2, -0.15) is 0 Å². The number of aromatic nitrogens is 5. The fourth-order valence-electron chi connectivity index (χ4n) is 4.22. The fourth-order valence-corrected chi connectivity index (χ4v) is 5.05. The topological polar surface area (TPSA) is 84.1 Å². The number of aryl methyl sites for hydroxylation is 1. The van der Waals surface area contributed by atoms with Crippen LogP contribution in [0, 0.1) is 13.8 Å². The van der Waals surface area contributed by atoms with E-state index >= 15 is 0 Å². The normalized spacial score (nSPS) is 12.5. The van der Waals surface area contributed by atoms with E-state index in [-0.39, 0.29) is 11.5 Å². The molecule has 0 unspecified atom stereocenters. The van der Waals surface area contributed by atoms with Gasteiger partial charge in [0, 0.05) is 53.2 Å². The quantitative estimate of drug-likeness (QED) is 0.203. The lowest BCUT2D eigenvalue weighted by molar-refractivity contribution is 0.102. The molecule has 35 heavy (non-hydrogen) atoms. The van der Waals surface area contributed by atoms with Crippen molar-refractivity contribution >= 4 is 17.5 Å². The summed E-state index contributed by atoms with van der Waals surface area (Å²) in [6.45, 7) is 9.41. The molecule has 0 N–H and O–H groups in total. The van der Waals surface area contributed by atoms with Crippen LogP contribution in [0.1, 0.15) is 21.7 Å². The standard InChI is InChI=1S/C26H25N5O3S/c1-4-10-30-25(19-6-5-9-27-15-19)28-29-26(30)35-16-22(32)21-13-17(2)31(18(21)3)20-7-8-23-24(14-20)34-12-11-33-23/h4-9,13-15H,1,10-12,16H2,2-3H3. The van der Waals surface area contributed by atoms with E-state index in [9.17, 15) is 4.79 Å². The number of ketones is 1. The molecular weight excluding hydrogens is 462 g/mol. The number of thioether (sulfide) groups is 1. The number of rotatable bonds is 8. The Bertz CT molecular complexity index is 1390. The van der Waals surface area contributed by atoms with Crippen LogP contribution in [0.3, 0.4) is 0 Å². The molecule has 0 amide bonds. The number of allylic oxidation sites excluding steroid dienone is 1. The highest BCUT2D eigenvalue weighted by Gasteiger charge is 2.21. The molecule has 0 aliphatic carbocycles. The Morgan fingerprint density at radius 1 is 1.14 bits per heavy atom. The van der Waals surface area contributed by atoms with Gasteiger partial charge in [-0.25, -0.2) is 0 Å². The summed E-state index contributed by atoms with van der Waals surface area (Å²) in [4.78, 5) is 17.4. The number of ether oxygens (including phenoxy) is 2. The number of nitrogens with zero attached hydrogens (tertiary/aromatic N) is 5. The lowest BCUT2D eigenvalue weighted by atomic mass is 10.2. The van der Waals surface area contributed by atoms with Gasteiger partial charge in [-0.05, 0) is 44.2 Å². The number of pyridine rings is 1. The molecule has 178 valence electrons. The highest BCUT2D eigenvalue weighted by molar-refractivity contribution is 7.99. The van der Waals surface area contributed by atoms with E-state index in [1.54, 1.807) is 18.5 Å². The van der Waals surface area contributed by atoms with Gasteiger partial charge in [-0.1, -0.05) is 17.8 Å². The summed E-state index contributed by atoms with van der Waals surface area (Å²) < 4.78 is 15.4. The molecule has 8 nitrogen and oxygen atoms in total. The van der Waals surface area contributed by atoms with Crippen LogP contribution in [0.5, 0.6) is 11.5 Å². The van der Waals surface area contributed by atoms with E-state index in [1.165, 1.54) is 11.8 Å². The molecule has 0 saturated heterocycles. The SMILES string of the molecule is C=CCn1c(SCC(=O)c2cc(C)n(-c3ccc4c(c3)OCCO4)c2C)nnc1-c1cccnc1. The van der Waals surface area contributed by atoms with Gasteiger partial charge in [0.1, 0.15) is 13.2 Å². The first-order chi connectivity index (χ1) is 17.1. The zero-order valence-corrected chi connectivity index (χ0v) is 20.4. The van der Waals surface area contributed by atoms with Gasteiger partial charge in [-0.15, -0.1) is 16.8 Å². The maximum Gasteiger partial charge on any atom is 0.192 e. The predicted octanol–water partition coefficient (Wildman–Crippen LogP) is 4.68. The Kier molecular flexibility index (Phi) is 6.41. The van der Waals surface area contributed by atoms with Gasteiger partial charge in [0.2, 0.25) is 0 Å². The Labute approximate surface area is 207 Å². The average Bonchev–Trinajstić information content (AvgIpc) is 3.42. The Morgan fingerprint density at radius 3 is 2.74 bits per heavy atom. The van der Waals surface area contributed by atoms with Gasteiger partial charge < -0.3 is 14.0 Å². The molecule has 0 radical (unpaired) electrons. The fraction of sp³-hybridized carbons (Fsp3) is 0.231. The monoisotopic (exact) mass is 487 g/mol. The second-order valence-corrected chi connectivity index (χ2v) is 9.05. The van der Waals surface area contributed by atoms with Crippen LogP contribution in [0.2, 0.25) is 0 Å². The Balaban J connectivity index is 1.37. The number of carbonyl (C=O) groups is 1. The van der Waals surface area contributed by atoms with Gasteiger partial charge in [0.15, 0.2) is 28.3 Å². The van der Waals surface area contributed by atoms with Gasteiger partial charge >= 0.3 is 0 Å². The molecule has 0 saturated carbocycles. The summed E-state index contributed by atoms with van der Waals surface area (Å²) in [5.41, 5.74) is 4.34. The van der Waals surface area contributed by atoms with Crippen LogP contribution in [-0.2, 0) is 6.54 Å². The summed E-state index contributed by atoms with van der Waals surface area (Å²) in [5.74, 6) is 2.43. The molecular formula is C26H25N5O3S. The summed E-state index contributed by atoms with van der Waals surface area (Å²) in [6, 6.07) is 11.6. The number of benzene rings is 1. The second-order valence-electron chi connectivity index (χ2n) is 8.11. The first kappa shape index (κ1) is 22.9. The number of hydrogen-bond donors (Lipinski definition) is 0. The van der Waals surface area contributed by atoms with Crippen molar-refractivity contribution in [2.24, 2.45) is 0 Å². The molecule has 0 spiro atoms. The number of Topliss-reactive ketones (excluding diaryl/α,β-unsaturated/α-hetero) is 1. The van der Waals surface area contributed by atoms with Crippen LogP contribution in [0.15, 0.2) is 66.6 Å². The molecule has 1 aliphatic rings. The molecule has 1 aromatic carbocycles. The number of carbonyl (C=O) groups excluding carboxylic acids is 1. The van der Waals surface area contributed by atoms with Crippen LogP contribution < -0.4 is 9.47 Å². The van der Waals surface area contributed by atoms with Crippen LogP contribution >= 0.6 is 11.8 Å². The van der Waals surface area contributed by atoms with Crippen LogP contribution in [-0.4, -0.2) is 49.1 Å². The van der Waals surface area contributed by atoms with Crippen molar-refractivity contribution in [3.63, 3.8) is 0 Å². The van der Waals surface area contributed by atoms with E-state index < -0.39 is 0 Å². The van der Waals surface area contributed by atoms with Crippen molar-refractivity contribution in [3.8, 4) is 28.6 Å². The lowest BCUT2D eigenvalue weighted by Crippen LogP contribution is -2.15. The zero-order chi connectivity index (χ0) is 24.4. The first-order valence-corrected chi connectivity index (χ1v) is 12.2. The van der Waals surface area contributed by atoms with Gasteiger partial charge in [-0.3, -0.25) is 14.3 Å². The molecule has 5 rings (SSSR count). The minimum Gasteiger partial charge on any atom is -0.486 e. The highest BCUT2D eigenvalue weighted by Crippen LogP contribution is 2.34. The van der Waals surface area contributed by atoms with Gasteiger partial charge in [0.25, 0.3) is 0 Å². The molecule has 3 aromatic heterocycles. The van der Waals surface area contributed by atoms with E-state index in [0.29, 0.717) is 36.3 Å². The largest absolute Gasteiger partial charge is 0.486 e. The second kappa shape index (κ2) is 9.79. The molecule has 0 atom stereocenters. The minimum atomic E-state index is 0.0305. The van der Waals surface area contributed by atoms with Crippen molar-refractivity contribution in [2.45, 2.75) is 25.5 Å². The third-order valence-electron chi connectivity index (χ3n) is 5.80. The van der Waals surface area contributed by atoms with E-state index in [1.807, 2.05) is 54.8 Å². The van der Waals surface area contributed by atoms with E-state index in [2.05, 4.69) is 26.3 Å². The Morgan fingerprint density at radius 2 is 1.97 bits per heavy atom. The third kappa shape index (κ3) is 4.46. The minimum absolute atomic E-state index is 0.0305. The number of hydrogen-bond acceptors (Lipinski definition) is 7. The molecule has 4 heterocycles. The smallest absolute Gasteiger partial charge is 0.192 e. The Hall–Kier alpha value is -3.85. The highest BCUT2D eigenvalue weighted by atomic mass is 32.2. The van der Waals surface area contributed by atoms with E-state index in [4.69, 9.17) is 9.47 Å². The van der Waals surface area contributed by atoms with Crippen LogP contribution in [0.4, 0.5) is 0 Å². The first-order valence-electron chi connectivity index (χ1n) is 11.3. The lowest BCUT2D eigenvalue weighted by Gasteiger charge is -2.20. The molecule has 4 aromatic rings. The number of fused-ring (bicyclic) bond motifs is 1. The maximum absolute atomic E-state index is 13.2. The van der Waals surface area contributed by atoms with Crippen molar-refractivity contribution in [2.75, 3.05) is 19.0 Å². The summed E-state index contributed by atoms with van der Waals surface area (Å²) in [5, 5.41) is 9.33. The third-order valence-corrected chi connectivity index (χ3v) is 6.76. The van der Waals surface area contributed by atoms with Crippen molar-refractivity contribution in [1.29, 1.82) is 0 Å². The summed E-state index contributed by atoms with van der Waals surface area (Å²) >= 11 is 1.37. The van der Waals surface area contributed by atoms with Crippen LogP contribution in [0.25, 0.3) is 17.1 Å². The average molecular weight is 488 g/mol. The molecule has 1 aliphatic heterocycles. The zero-order valence-electron chi connectivity index (χ0n) is 19.6. The molecule has 0 fully saturated rings. The molecule has 9 heteroatoms. The van der Waals surface area contributed by atoms with E-state index in [0.717, 1.165) is 34.1 Å². The summed E-state index contributed by atoms with van der Waals surface area (Å²) in [7, 11) is 0. The van der Waals surface area contributed by atoms with Crippen molar-refractivity contribution < 1.29 is 14.3 Å². The van der Waals surface area contributed by atoms with Gasteiger partial charge in [0.05, 0.1) is 5.75 Å². The molecule has 0 bridgehead atoms. The van der Waals surface area contributed by atoms with Crippen molar-refractivity contribution in [1.82, 2.24) is 24.3 Å². The predicted molar refractivity (Wildman–Crippen MR) is 135 cm³/mol. The summed E-state index contributed by atoms with van der Waals surface area (Å²) in [6.07, 6.45) is 5.25.